The van der Waals surface area contributed by atoms with Gasteiger partial charge in [-0.25, -0.2) is 8.42 Å². The first-order valence-electron chi connectivity index (χ1n) is 6.26. The second kappa shape index (κ2) is 5.27. The van der Waals surface area contributed by atoms with Crippen LogP contribution in [0, 0.1) is 0 Å². The van der Waals surface area contributed by atoms with Crippen molar-refractivity contribution in [2.45, 2.75) is 32.2 Å². The molecule has 0 saturated heterocycles. The Morgan fingerprint density at radius 1 is 1.50 bits per heavy atom. The van der Waals surface area contributed by atoms with Crippen LogP contribution in [0.3, 0.4) is 0 Å². The lowest BCUT2D eigenvalue weighted by molar-refractivity contribution is 0.595. The van der Waals surface area contributed by atoms with Crippen LogP contribution < -0.4 is 10.0 Å². The standard InChI is InChI=1S/C11H20N4O2S/c1-3-10-11(8-15(2)13-10)14-18(16,17)7-6-12-9-4-5-9/h8-9,12,14H,3-7H2,1-2H3. The van der Waals surface area contributed by atoms with Gasteiger partial charge in [-0.2, -0.15) is 5.10 Å². The number of aromatic nitrogens is 2. The number of anilines is 1. The zero-order valence-electron chi connectivity index (χ0n) is 10.8. The van der Waals surface area contributed by atoms with Gasteiger partial charge >= 0.3 is 0 Å². The molecule has 0 aliphatic heterocycles. The van der Waals surface area contributed by atoms with Gasteiger partial charge in [0.05, 0.1) is 17.1 Å². The number of aryl methyl sites for hydroxylation is 2. The normalized spacial score (nSPS) is 15.9. The molecule has 7 heteroatoms. The lowest BCUT2D eigenvalue weighted by Gasteiger charge is -2.07. The van der Waals surface area contributed by atoms with Crippen molar-refractivity contribution in [3.63, 3.8) is 0 Å². The molecule has 0 bridgehead atoms. The van der Waals surface area contributed by atoms with Gasteiger partial charge in [0.2, 0.25) is 10.0 Å². The molecule has 0 aromatic carbocycles. The first-order valence-corrected chi connectivity index (χ1v) is 7.92. The van der Waals surface area contributed by atoms with Gasteiger partial charge in [0.15, 0.2) is 0 Å². The summed E-state index contributed by atoms with van der Waals surface area (Å²) in [6, 6.07) is 0.532. The predicted octanol–water partition coefficient (Wildman–Crippen LogP) is 0.476. The number of hydrogen-bond acceptors (Lipinski definition) is 4. The molecule has 0 atom stereocenters. The van der Waals surface area contributed by atoms with Crippen LogP contribution in [-0.4, -0.2) is 36.5 Å². The van der Waals surface area contributed by atoms with E-state index in [0.717, 1.165) is 18.5 Å². The molecule has 0 radical (unpaired) electrons. The zero-order valence-corrected chi connectivity index (χ0v) is 11.6. The maximum Gasteiger partial charge on any atom is 0.234 e. The van der Waals surface area contributed by atoms with E-state index in [1.807, 2.05) is 6.92 Å². The molecule has 0 amide bonds. The molecule has 0 spiro atoms. The van der Waals surface area contributed by atoms with Crippen LogP contribution >= 0.6 is 0 Å². The molecule has 102 valence electrons. The summed E-state index contributed by atoms with van der Waals surface area (Å²) in [6.45, 7) is 2.45. The smallest absolute Gasteiger partial charge is 0.234 e. The van der Waals surface area contributed by atoms with E-state index in [1.54, 1.807) is 17.9 Å². The van der Waals surface area contributed by atoms with E-state index in [4.69, 9.17) is 0 Å². The van der Waals surface area contributed by atoms with Gasteiger partial charge in [-0.1, -0.05) is 6.92 Å². The lowest BCUT2D eigenvalue weighted by atomic mass is 10.3. The largest absolute Gasteiger partial charge is 0.313 e. The Kier molecular flexibility index (Phi) is 3.91. The number of rotatable bonds is 7. The quantitative estimate of drug-likeness (QED) is 0.757. The van der Waals surface area contributed by atoms with E-state index in [-0.39, 0.29) is 5.75 Å². The van der Waals surface area contributed by atoms with Crippen molar-refractivity contribution < 1.29 is 8.42 Å². The fraction of sp³-hybridized carbons (Fsp3) is 0.727. The second-order valence-electron chi connectivity index (χ2n) is 4.67. The summed E-state index contributed by atoms with van der Waals surface area (Å²) in [5.41, 5.74) is 1.36. The Hall–Kier alpha value is -1.08. The van der Waals surface area contributed by atoms with Crippen molar-refractivity contribution >= 4 is 15.7 Å². The molecule has 1 heterocycles. The minimum absolute atomic E-state index is 0.0988. The van der Waals surface area contributed by atoms with E-state index < -0.39 is 10.0 Å². The van der Waals surface area contributed by atoms with Crippen molar-refractivity contribution in [2.75, 3.05) is 17.0 Å². The maximum absolute atomic E-state index is 11.9. The average Bonchev–Trinajstić information content (AvgIpc) is 3.02. The Labute approximate surface area is 108 Å². The van der Waals surface area contributed by atoms with Crippen LogP contribution in [0.15, 0.2) is 6.20 Å². The minimum atomic E-state index is -3.29. The molecule has 2 N–H and O–H groups in total. The van der Waals surface area contributed by atoms with E-state index in [2.05, 4.69) is 15.1 Å². The number of hydrogen-bond donors (Lipinski definition) is 2. The molecule has 1 fully saturated rings. The predicted molar refractivity (Wildman–Crippen MR) is 71.0 cm³/mol. The van der Waals surface area contributed by atoms with E-state index >= 15 is 0 Å². The molecule has 6 nitrogen and oxygen atoms in total. The van der Waals surface area contributed by atoms with Gasteiger partial charge in [-0.05, 0) is 19.3 Å². The summed E-state index contributed by atoms with van der Waals surface area (Å²) in [6.07, 6.45) is 4.73. The molecule has 1 aliphatic rings. The highest BCUT2D eigenvalue weighted by atomic mass is 32.2. The van der Waals surface area contributed by atoms with Gasteiger partial charge in [-0.15, -0.1) is 0 Å². The van der Waals surface area contributed by atoms with Crippen LogP contribution in [0.5, 0.6) is 0 Å². The fourth-order valence-electron chi connectivity index (χ4n) is 1.78. The molecule has 1 saturated carbocycles. The maximum atomic E-state index is 11.9. The molecule has 1 aromatic rings. The minimum Gasteiger partial charge on any atom is -0.313 e. The molecular formula is C11H20N4O2S. The van der Waals surface area contributed by atoms with Gasteiger partial charge in [-0.3, -0.25) is 9.40 Å². The molecule has 18 heavy (non-hydrogen) atoms. The Balaban J connectivity index is 1.92. The molecular weight excluding hydrogens is 252 g/mol. The Morgan fingerprint density at radius 3 is 2.83 bits per heavy atom. The van der Waals surface area contributed by atoms with Crippen molar-refractivity contribution in [3.8, 4) is 0 Å². The third kappa shape index (κ3) is 3.71. The van der Waals surface area contributed by atoms with Crippen molar-refractivity contribution in [1.82, 2.24) is 15.1 Å². The van der Waals surface area contributed by atoms with Gasteiger partial charge in [0.1, 0.15) is 0 Å². The Morgan fingerprint density at radius 2 is 2.22 bits per heavy atom. The molecule has 1 aromatic heterocycles. The van der Waals surface area contributed by atoms with Gasteiger partial charge in [0.25, 0.3) is 0 Å². The fourth-order valence-corrected chi connectivity index (χ4v) is 2.78. The first-order chi connectivity index (χ1) is 8.50. The first kappa shape index (κ1) is 13.4. The van der Waals surface area contributed by atoms with Crippen LogP contribution in [0.25, 0.3) is 0 Å². The number of nitrogens with zero attached hydrogens (tertiary/aromatic N) is 2. The van der Waals surface area contributed by atoms with Gasteiger partial charge < -0.3 is 5.32 Å². The van der Waals surface area contributed by atoms with Crippen molar-refractivity contribution in [2.24, 2.45) is 7.05 Å². The number of sulfonamides is 1. The van der Waals surface area contributed by atoms with E-state index in [1.165, 1.54) is 0 Å². The van der Waals surface area contributed by atoms with Crippen LogP contribution in [0.4, 0.5) is 5.69 Å². The molecule has 0 unspecified atom stereocenters. The summed E-state index contributed by atoms with van der Waals surface area (Å²) < 4.78 is 28.0. The van der Waals surface area contributed by atoms with E-state index in [0.29, 0.717) is 24.7 Å². The van der Waals surface area contributed by atoms with Crippen LogP contribution in [-0.2, 0) is 23.5 Å². The number of nitrogens with one attached hydrogen (secondary N) is 2. The topological polar surface area (TPSA) is 76.0 Å². The van der Waals surface area contributed by atoms with Crippen molar-refractivity contribution in [3.05, 3.63) is 11.9 Å². The summed E-state index contributed by atoms with van der Waals surface area (Å²) in [5, 5.41) is 7.40. The Bertz CT molecular complexity index is 505. The summed E-state index contributed by atoms with van der Waals surface area (Å²) in [7, 11) is -1.50. The SMILES string of the molecule is CCc1nn(C)cc1NS(=O)(=O)CCNC1CC1. The van der Waals surface area contributed by atoms with Crippen molar-refractivity contribution in [1.29, 1.82) is 0 Å². The third-order valence-electron chi connectivity index (χ3n) is 2.89. The second-order valence-corrected chi connectivity index (χ2v) is 6.51. The highest BCUT2D eigenvalue weighted by Gasteiger charge is 2.21. The van der Waals surface area contributed by atoms with Gasteiger partial charge in [0, 0.05) is 25.8 Å². The monoisotopic (exact) mass is 272 g/mol. The van der Waals surface area contributed by atoms with Crippen LogP contribution in [0.1, 0.15) is 25.5 Å². The third-order valence-corrected chi connectivity index (χ3v) is 4.16. The highest BCUT2D eigenvalue weighted by Crippen LogP contribution is 2.18. The summed E-state index contributed by atoms with van der Waals surface area (Å²) >= 11 is 0. The molecule has 2 rings (SSSR count). The lowest BCUT2D eigenvalue weighted by Crippen LogP contribution is -2.28. The summed E-state index contributed by atoms with van der Waals surface area (Å²) in [5.74, 6) is 0.0988. The van der Waals surface area contributed by atoms with Crippen LogP contribution in [0.2, 0.25) is 0 Å². The van der Waals surface area contributed by atoms with E-state index in [9.17, 15) is 8.42 Å². The highest BCUT2D eigenvalue weighted by molar-refractivity contribution is 7.92. The average molecular weight is 272 g/mol. The summed E-state index contributed by atoms with van der Waals surface area (Å²) in [4.78, 5) is 0. The zero-order chi connectivity index (χ0) is 13.2. The molecule has 1 aliphatic carbocycles.